The van der Waals surface area contributed by atoms with E-state index in [1.54, 1.807) is 23.1 Å². The number of aromatic nitrogens is 4. The second-order valence-corrected chi connectivity index (χ2v) is 11.5. The minimum atomic E-state index is -4.61. The summed E-state index contributed by atoms with van der Waals surface area (Å²) in [6.45, 7) is 1.10. The van der Waals surface area contributed by atoms with Gasteiger partial charge in [-0.1, -0.05) is 0 Å². The van der Waals surface area contributed by atoms with Crippen LogP contribution in [0, 0.1) is 0 Å². The third kappa shape index (κ3) is 5.74. The van der Waals surface area contributed by atoms with E-state index in [-0.39, 0.29) is 17.2 Å². The number of sulfonamides is 1. The van der Waals surface area contributed by atoms with Crippen LogP contribution < -0.4 is 15.3 Å². The van der Waals surface area contributed by atoms with Gasteiger partial charge in [-0.15, -0.1) is 0 Å². The Morgan fingerprint density at radius 1 is 0.950 bits per heavy atom. The summed E-state index contributed by atoms with van der Waals surface area (Å²) in [5.74, 6) is 0.158. The van der Waals surface area contributed by atoms with E-state index in [1.165, 1.54) is 53.0 Å². The first-order valence-electron chi connectivity index (χ1n) is 12.6. The molecule has 9 nitrogen and oxygen atoms in total. The van der Waals surface area contributed by atoms with Crippen LogP contribution in [0.5, 0.6) is 0 Å². The molecule has 3 aromatic heterocycles. The number of aryl methyl sites for hydroxylation is 1. The highest BCUT2D eigenvalue weighted by Gasteiger charge is 2.36. The fourth-order valence-electron chi connectivity index (χ4n) is 4.85. The van der Waals surface area contributed by atoms with Crippen molar-refractivity contribution >= 4 is 21.5 Å². The molecule has 0 atom stereocenters. The van der Waals surface area contributed by atoms with E-state index >= 15 is 0 Å². The van der Waals surface area contributed by atoms with E-state index in [4.69, 9.17) is 0 Å². The van der Waals surface area contributed by atoms with Gasteiger partial charge in [0.25, 0.3) is 0 Å². The normalized spacial score (nSPS) is 14.4. The summed E-state index contributed by atoms with van der Waals surface area (Å²) in [6, 6.07) is 10.6. The number of imidazole rings is 1. The number of hydrogen-bond donors (Lipinski definition) is 1. The van der Waals surface area contributed by atoms with Crippen LogP contribution >= 0.6 is 0 Å². The fraction of sp³-hybridized carbons (Fsp3) is 0.296. The molecule has 0 unspecified atom stereocenters. The average molecular weight is 573 g/mol. The molecule has 0 aliphatic carbocycles. The molecule has 5 rings (SSSR count). The minimum Gasteiger partial charge on any atom is -0.371 e. The summed E-state index contributed by atoms with van der Waals surface area (Å²) in [5.41, 5.74) is 0.893. The molecule has 0 bridgehead atoms. The SMILES string of the molecule is Cn1cc(-c2cc(-c3ccc(NS(C)(=O)=O)nc3)ccn2)n(-c2ccc(N3CCCCC3)c(C(F)(F)F)c2)c1=O. The lowest BCUT2D eigenvalue weighted by Gasteiger charge is -2.31. The Morgan fingerprint density at radius 3 is 2.35 bits per heavy atom. The van der Waals surface area contributed by atoms with E-state index in [1.807, 2.05) is 0 Å². The molecule has 0 radical (unpaired) electrons. The van der Waals surface area contributed by atoms with Crippen molar-refractivity contribution in [3.05, 3.63) is 77.1 Å². The van der Waals surface area contributed by atoms with Gasteiger partial charge < -0.3 is 9.47 Å². The van der Waals surface area contributed by atoms with Crippen LogP contribution in [-0.2, 0) is 23.2 Å². The third-order valence-corrected chi connectivity index (χ3v) is 7.28. The second kappa shape index (κ2) is 10.5. The van der Waals surface area contributed by atoms with Crippen molar-refractivity contribution < 1.29 is 21.6 Å². The molecule has 4 heterocycles. The van der Waals surface area contributed by atoms with Gasteiger partial charge in [0.1, 0.15) is 5.82 Å². The minimum absolute atomic E-state index is 0.0822. The molecule has 1 aliphatic heterocycles. The molecule has 210 valence electrons. The molecule has 1 aliphatic rings. The van der Waals surface area contributed by atoms with Crippen LogP contribution in [0.4, 0.5) is 24.7 Å². The zero-order valence-electron chi connectivity index (χ0n) is 21.8. The molecule has 1 aromatic carbocycles. The van der Waals surface area contributed by atoms with Gasteiger partial charge in [0, 0.05) is 50.0 Å². The number of piperidine rings is 1. The van der Waals surface area contributed by atoms with Gasteiger partial charge in [0.2, 0.25) is 10.0 Å². The number of halogens is 3. The van der Waals surface area contributed by atoms with E-state index in [9.17, 15) is 26.4 Å². The van der Waals surface area contributed by atoms with Crippen LogP contribution in [0.3, 0.4) is 0 Å². The van der Waals surface area contributed by atoms with Crippen molar-refractivity contribution in [2.75, 3.05) is 29.0 Å². The third-order valence-electron chi connectivity index (χ3n) is 6.70. The van der Waals surface area contributed by atoms with Gasteiger partial charge in [-0.05, 0) is 67.3 Å². The zero-order valence-corrected chi connectivity index (χ0v) is 22.6. The monoisotopic (exact) mass is 572 g/mol. The van der Waals surface area contributed by atoms with Crippen LogP contribution in [0.15, 0.2) is 65.8 Å². The number of nitrogens with one attached hydrogen (secondary N) is 1. The molecule has 40 heavy (non-hydrogen) atoms. The molecular weight excluding hydrogens is 545 g/mol. The maximum absolute atomic E-state index is 14.2. The average Bonchev–Trinajstić information content (AvgIpc) is 3.22. The molecular formula is C27H27F3N6O3S. The largest absolute Gasteiger partial charge is 0.418 e. The predicted molar refractivity (Wildman–Crippen MR) is 147 cm³/mol. The maximum Gasteiger partial charge on any atom is 0.418 e. The Hall–Kier alpha value is -4.13. The summed E-state index contributed by atoms with van der Waals surface area (Å²) < 4.78 is 70.4. The van der Waals surface area contributed by atoms with Gasteiger partial charge in [-0.3, -0.25) is 14.3 Å². The van der Waals surface area contributed by atoms with Crippen molar-refractivity contribution in [1.29, 1.82) is 0 Å². The Kier molecular flexibility index (Phi) is 7.17. The van der Waals surface area contributed by atoms with Crippen LogP contribution in [0.2, 0.25) is 0 Å². The predicted octanol–water partition coefficient (Wildman–Crippen LogP) is 4.68. The van der Waals surface area contributed by atoms with Gasteiger partial charge in [0.05, 0.1) is 28.9 Å². The Balaban J connectivity index is 1.56. The molecule has 13 heteroatoms. The first kappa shape index (κ1) is 27.4. The van der Waals surface area contributed by atoms with Crippen molar-refractivity contribution in [3.8, 4) is 28.2 Å². The summed E-state index contributed by atoms with van der Waals surface area (Å²) in [6.07, 6.45) is 3.60. The van der Waals surface area contributed by atoms with E-state index < -0.39 is 27.5 Å². The summed E-state index contributed by atoms with van der Waals surface area (Å²) in [5, 5.41) is 0. The number of alkyl halides is 3. The van der Waals surface area contributed by atoms with Gasteiger partial charge in [0.15, 0.2) is 0 Å². The summed E-state index contributed by atoms with van der Waals surface area (Å²) in [4.78, 5) is 23.4. The van der Waals surface area contributed by atoms with Gasteiger partial charge >= 0.3 is 11.9 Å². The highest BCUT2D eigenvalue weighted by Crippen LogP contribution is 2.39. The van der Waals surface area contributed by atoms with Crippen molar-refractivity contribution in [2.45, 2.75) is 25.4 Å². The molecule has 1 saturated heterocycles. The number of rotatable bonds is 6. The number of benzene rings is 1. The highest BCUT2D eigenvalue weighted by atomic mass is 32.2. The van der Waals surface area contributed by atoms with Crippen molar-refractivity contribution in [1.82, 2.24) is 19.1 Å². The number of anilines is 2. The highest BCUT2D eigenvalue weighted by molar-refractivity contribution is 7.92. The number of pyridine rings is 2. The Morgan fingerprint density at radius 2 is 1.70 bits per heavy atom. The van der Waals surface area contributed by atoms with Crippen molar-refractivity contribution in [2.24, 2.45) is 7.05 Å². The van der Waals surface area contributed by atoms with Crippen LogP contribution in [0.25, 0.3) is 28.2 Å². The molecule has 1 N–H and O–H groups in total. The van der Waals surface area contributed by atoms with Gasteiger partial charge in [-0.2, -0.15) is 13.2 Å². The lowest BCUT2D eigenvalue weighted by Crippen LogP contribution is -2.31. The standard InChI is InChI=1S/C27H27F3N6O3S/c1-34-17-24(22-14-18(10-11-31-22)19-6-9-25(32-16-19)33-40(2,38)39)36(26(34)37)20-7-8-23(21(15-20)27(28,29)30)35-12-4-3-5-13-35/h6-11,14-17H,3-5,12-13H2,1-2H3,(H,32,33). The van der Waals surface area contributed by atoms with E-state index in [0.717, 1.165) is 31.6 Å². The number of hydrogen-bond acceptors (Lipinski definition) is 6. The smallest absolute Gasteiger partial charge is 0.371 e. The molecule has 0 amide bonds. The molecule has 0 spiro atoms. The molecule has 1 fully saturated rings. The summed E-state index contributed by atoms with van der Waals surface area (Å²) >= 11 is 0. The molecule has 0 saturated carbocycles. The van der Waals surface area contributed by atoms with E-state index in [0.29, 0.717) is 35.6 Å². The zero-order chi connectivity index (χ0) is 28.7. The topological polar surface area (TPSA) is 102 Å². The van der Waals surface area contributed by atoms with Gasteiger partial charge in [-0.25, -0.2) is 18.2 Å². The van der Waals surface area contributed by atoms with Crippen LogP contribution in [0.1, 0.15) is 24.8 Å². The second-order valence-electron chi connectivity index (χ2n) is 9.73. The Labute approximate surface area is 229 Å². The lowest BCUT2D eigenvalue weighted by atomic mass is 10.1. The quantitative estimate of drug-likeness (QED) is 0.360. The maximum atomic E-state index is 14.2. The van der Waals surface area contributed by atoms with Crippen LogP contribution in [-0.4, -0.2) is 46.9 Å². The lowest BCUT2D eigenvalue weighted by molar-refractivity contribution is -0.137. The first-order valence-corrected chi connectivity index (χ1v) is 14.5. The summed E-state index contributed by atoms with van der Waals surface area (Å²) in [7, 11) is -1.96. The fourth-order valence-corrected chi connectivity index (χ4v) is 5.35. The van der Waals surface area contributed by atoms with Crippen molar-refractivity contribution in [3.63, 3.8) is 0 Å². The first-order chi connectivity index (χ1) is 18.9. The van der Waals surface area contributed by atoms with E-state index in [2.05, 4.69) is 14.7 Å². The Bertz CT molecular complexity index is 1710. The molecule has 4 aromatic rings. The number of nitrogens with zero attached hydrogens (tertiary/aromatic N) is 5.